The van der Waals surface area contributed by atoms with Gasteiger partial charge in [-0.05, 0) is 50.2 Å². The van der Waals surface area contributed by atoms with Gasteiger partial charge in [0.1, 0.15) is 0 Å². The maximum absolute atomic E-state index is 11.1. The molecular formula is C13H16N2O4S. The molecule has 4 rings (SSSR count). The molecule has 2 bridgehead atoms. The molecule has 1 saturated heterocycles. The fourth-order valence-corrected chi connectivity index (χ4v) is 2.25. The third kappa shape index (κ3) is 3.71. The third-order valence-corrected chi connectivity index (χ3v) is 3.67. The van der Waals surface area contributed by atoms with Crippen LogP contribution in [0.25, 0.3) is 0 Å². The summed E-state index contributed by atoms with van der Waals surface area (Å²) in [5.74, 6) is -0.651. The van der Waals surface area contributed by atoms with E-state index in [0.29, 0.717) is 16.4 Å². The van der Waals surface area contributed by atoms with Crippen molar-refractivity contribution in [2.75, 3.05) is 13.1 Å². The molecule has 0 aromatic heterocycles. The maximum Gasteiger partial charge on any atom is 0.383 e. The first kappa shape index (κ1) is 14.8. The Morgan fingerprint density at radius 3 is 2.30 bits per heavy atom. The van der Waals surface area contributed by atoms with E-state index < -0.39 is 17.1 Å². The van der Waals surface area contributed by atoms with Crippen molar-refractivity contribution in [1.29, 1.82) is 0 Å². The van der Waals surface area contributed by atoms with E-state index in [1.807, 2.05) is 0 Å². The molecular weight excluding hydrogens is 280 g/mol. The Morgan fingerprint density at radius 2 is 1.85 bits per heavy atom. The zero-order valence-corrected chi connectivity index (χ0v) is 11.7. The van der Waals surface area contributed by atoms with Crippen molar-refractivity contribution in [1.82, 2.24) is 5.32 Å². The molecule has 0 radical (unpaired) electrons. The first-order chi connectivity index (χ1) is 9.58. The number of hydrogen-bond donors (Lipinski definition) is 2. The molecule has 0 spiro atoms. The molecule has 0 saturated carbocycles. The third-order valence-electron chi connectivity index (χ3n) is 3.15. The second kappa shape index (κ2) is 6.71. The van der Waals surface area contributed by atoms with Gasteiger partial charge in [-0.3, -0.25) is 10.1 Å². The first-order valence-corrected chi connectivity index (χ1v) is 6.93. The van der Waals surface area contributed by atoms with Gasteiger partial charge in [-0.2, -0.15) is 12.6 Å². The van der Waals surface area contributed by atoms with Gasteiger partial charge >= 0.3 is 12.2 Å². The van der Waals surface area contributed by atoms with Crippen LogP contribution in [0.3, 0.4) is 0 Å². The van der Waals surface area contributed by atoms with Gasteiger partial charge in [0.25, 0.3) is 0 Å². The summed E-state index contributed by atoms with van der Waals surface area (Å²) in [7, 11) is 0. The Labute approximate surface area is 122 Å². The van der Waals surface area contributed by atoms with E-state index >= 15 is 0 Å². The lowest BCUT2D eigenvalue weighted by Gasteiger charge is -2.16. The molecule has 1 aromatic rings. The minimum absolute atomic E-state index is 0.341. The fraction of sp³-hybridized carbons (Fsp3) is 0.462. The van der Waals surface area contributed by atoms with E-state index in [1.54, 1.807) is 0 Å². The van der Waals surface area contributed by atoms with Gasteiger partial charge in [-0.25, -0.2) is 4.79 Å². The number of carbonyl (C=O) groups is 1. The highest BCUT2D eigenvalue weighted by Gasteiger charge is 2.30. The quantitative estimate of drug-likeness (QED) is 0.357. The molecule has 3 aliphatic rings. The average Bonchev–Trinajstić information content (AvgIpc) is 2.70. The molecule has 3 aliphatic heterocycles. The van der Waals surface area contributed by atoms with Gasteiger partial charge in [-0.1, -0.05) is 0 Å². The van der Waals surface area contributed by atoms with Gasteiger partial charge in [0, 0.05) is 5.25 Å². The largest absolute Gasteiger partial charge is 0.390 e. The molecule has 1 atom stereocenters. The molecule has 1 unspecified atom stereocenters. The number of rotatable bonds is 1. The molecule has 7 heteroatoms. The van der Waals surface area contributed by atoms with Crippen molar-refractivity contribution in [3.63, 3.8) is 0 Å². The number of piperidine rings is 1. The second-order valence-corrected chi connectivity index (χ2v) is 5.38. The summed E-state index contributed by atoms with van der Waals surface area (Å²) in [6, 6.07) is 6.07. The van der Waals surface area contributed by atoms with E-state index in [1.165, 1.54) is 37.1 Å². The summed E-state index contributed by atoms with van der Waals surface area (Å²) < 4.78 is 4.62. The van der Waals surface area contributed by atoms with Crippen LogP contribution in [0.4, 0.5) is 0 Å². The van der Waals surface area contributed by atoms with Crippen LogP contribution in [0.15, 0.2) is 24.3 Å². The average molecular weight is 296 g/mol. The number of fused-ring (bicyclic) bond motifs is 4. The van der Waals surface area contributed by atoms with Crippen molar-refractivity contribution < 1.29 is 14.5 Å². The zero-order chi connectivity index (χ0) is 14.5. The zero-order valence-electron chi connectivity index (χ0n) is 10.8. The van der Waals surface area contributed by atoms with E-state index in [2.05, 4.69) is 22.7 Å². The molecule has 3 heterocycles. The SMILES string of the molecule is O=C1OC([N+](=O)[O-])c2ccc1cc2.SC1CCNCC1. The van der Waals surface area contributed by atoms with Crippen LogP contribution < -0.4 is 5.32 Å². The second-order valence-electron chi connectivity index (χ2n) is 4.65. The smallest absolute Gasteiger partial charge is 0.383 e. The van der Waals surface area contributed by atoms with E-state index in [0.717, 1.165) is 13.1 Å². The number of esters is 1. The van der Waals surface area contributed by atoms with Gasteiger partial charge in [-0.15, -0.1) is 0 Å². The Balaban J connectivity index is 0.000000178. The molecule has 1 fully saturated rings. The van der Waals surface area contributed by atoms with Gasteiger partial charge < -0.3 is 10.1 Å². The highest BCUT2D eigenvalue weighted by atomic mass is 32.1. The van der Waals surface area contributed by atoms with Crippen LogP contribution in [0.2, 0.25) is 0 Å². The predicted octanol–water partition coefficient (Wildman–Crippen LogP) is 1.80. The molecule has 1 N–H and O–H groups in total. The molecule has 0 aliphatic carbocycles. The maximum atomic E-state index is 11.1. The summed E-state index contributed by atoms with van der Waals surface area (Å²) in [5, 5.41) is 14.4. The van der Waals surface area contributed by atoms with Gasteiger partial charge in [0.2, 0.25) is 0 Å². The lowest BCUT2D eigenvalue weighted by Crippen LogP contribution is -2.27. The number of ether oxygens (including phenoxy) is 1. The summed E-state index contributed by atoms with van der Waals surface area (Å²) in [5.41, 5.74) is 0.729. The van der Waals surface area contributed by atoms with Crippen LogP contribution >= 0.6 is 12.6 Å². The van der Waals surface area contributed by atoms with E-state index in [-0.39, 0.29) is 0 Å². The van der Waals surface area contributed by atoms with Crippen LogP contribution in [0, 0.1) is 10.1 Å². The summed E-state index contributed by atoms with van der Waals surface area (Å²) in [6.45, 7) is 2.32. The minimum Gasteiger partial charge on any atom is -0.390 e. The number of carbonyl (C=O) groups excluding carboxylic acids is 1. The van der Waals surface area contributed by atoms with E-state index in [9.17, 15) is 14.9 Å². The number of nitro groups is 1. The Hall–Kier alpha value is -1.60. The molecule has 0 amide bonds. The van der Waals surface area contributed by atoms with Crippen molar-refractivity contribution in [2.45, 2.75) is 24.3 Å². The lowest BCUT2D eigenvalue weighted by molar-refractivity contribution is -0.574. The van der Waals surface area contributed by atoms with Crippen molar-refractivity contribution in [2.24, 2.45) is 0 Å². The van der Waals surface area contributed by atoms with Crippen LogP contribution in [0.1, 0.15) is 35.0 Å². The normalized spacial score (nSPS) is 21.4. The van der Waals surface area contributed by atoms with Crippen LogP contribution in [-0.2, 0) is 4.74 Å². The van der Waals surface area contributed by atoms with Crippen molar-refractivity contribution >= 4 is 18.6 Å². The summed E-state index contributed by atoms with van der Waals surface area (Å²) in [4.78, 5) is 20.9. The van der Waals surface area contributed by atoms with Gasteiger partial charge in [0.05, 0.1) is 16.1 Å². The molecule has 6 nitrogen and oxygen atoms in total. The summed E-state index contributed by atoms with van der Waals surface area (Å²) in [6.07, 6.45) is 1.12. The monoisotopic (exact) mass is 296 g/mol. The lowest BCUT2D eigenvalue weighted by atomic mass is 10.1. The van der Waals surface area contributed by atoms with Crippen LogP contribution in [0.5, 0.6) is 0 Å². The fourth-order valence-electron chi connectivity index (χ4n) is 1.99. The minimum atomic E-state index is -1.36. The number of nitrogens with one attached hydrogen (secondary N) is 1. The Morgan fingerprint density at radius 1 is 1.25 bits per heavy atom. The standard InChI is InChI=1S/C8H5NO4.C5H11NS/c10-8-6-3-1-5(2-4-6)7(13-8)9(11)12;7-5-1-3-6-4-2-5/h1-4,7H;5-7H,1-4H2. The van der Waals surface area contributed by atoms with Crippen molar-refractivity contribution in [3.05, 3.63) is 45.5 Å². The number of thiol groups is 1. The topological polar surface area (TPSA) is 81.5 Å². The van der Waals surface area contributed by atoms with Gasteiger partial charge in [0.15, 0.2) is 0 Å². The molecule has 1 aromatic carbocycles. The molecule has 20 heavy (non-hydrogen) atoms. The predicted molar refractivity (Wildman–Crippen MR) is 76.5 cm³/mol. The molecule has 108 valence electrons. The highest BCUT2D eigenvalue weighted by Crippen LogP contribution is 2.24. The first-order valence-electron chi connectivity index (χ1n) is 6.41. The number of hydrogen-bond acceptors (Lipinski definition) is 6. The van der Waals surface area contributed by atoms with Crippen molar-refractivity contribution in [3.8, 4) is 0 Å². The Bertz CT molecular complexity index is 486. The Kier molecular flexibility index (Phi) is 4.97. The number of nitrogens with zero attached hydrogens (tertiary/aromatic N) is 1. The summed E-state index contributed by atoms with van der Waals surface area (Å²) >= 11 is 4.32. The van der Waals surface area contributed by atoms with Crippen LogP contribution in [-0.4, -0.2) is 29.2 Å². The van der Waals surface area contributed by atoms with E-state index in [4.69, 9.17) is 0 Å². The highest BCUT2D eigenvalue weighted by molar-refractivity contribution is 7.80. The number of benzene rings is 1.